The van der Waals surface area contributed by atoms with Crippen molar-refractivity contribution in [2.45, 2.75) is 0 Å². The molecule has 0 radical (unpaired) electrons. The first-order valence-corrected chi connectivity index (χ1v) is 15.0. The van der Waals surface area contributed by atoms with E-state index in [-0.39, 0.29) is 11.6 Å². The van der Waals surface area contributed by atoms with E-state index in [1.807, 2.05) is 24.3 Å². The molecule has 0 aliphatic rings. The lowest BCUT2D eigenvalue weighted by atomic mass is 10.1. The van der Waals surface area contributed by atoms with Crippen LogP contribution in [-0.4, -0.2) is 8.07 Å². The van der Waals surface area contributed by atoms with Crippen LogP contribution in [0.3, 0.4) is 0 Å². The molecule has 6 rings (SSSR count). The number of hydrogen-bond donors (Lipinski definition) is 0. The van der Waals surface area contributed by atoms with Crippen LogP contribution in [0.2, 0.25) is 0 Å². The molecule has 0 saturated carbocycles. The van der Waals surface area contributed by atoms with Crippen molar-refractivity contribution in [2.75, 3.05) is 0 Å². The monoisotopic (exact) mass is 524 g/mol. The minimum Gasteiger partial charge on any atom is -0.207 e. The summed E-state index contributed by atoms with van der Waals surface area (Å²) in [6, 6.07) is 52.0. The third-order valence-electron chi connectivity index (χ3n) is 7.37. The zero-order valence-corrected chi connectivity index (χ0v) is 22.3. The highest BCUT2D eigenvalue weighted by Gasteiger charge is 2.41. The van der Waals surface area contributed by atoms with Gasteiger partial charge in [0.1, 0.15) is 11.6 Å². The molecule has 6 aromatic carbocycles. The Labute approximate surface area is 228 Å². The van der Waals surface area contributed by atoms with Crippen molar-refractivity contribution < 1.29 is 8.78 Å². The van der Waals surface area contributed by atoms with Crippen LogP contribution in [0, 0.1) is 11.6 Å². The molecule has 0 amide bonds. The zero-order chi connectivity index (χ0) is 26.7. The summed E-state index contributed by atoms with van der Waals surface area (Å²) in [5.41, 5.74) is 3.66. The van der Waals surface area contributed by atoms with Gasteiger partial charge in [-0.1, -0.05) is 133 Å². The van der Waals surface area contributed by atoms with Gasteiger partial charge in [0.2, 0.25) is 0 Å². The van der Waals surface area contributed by atoms with E-state index in [0.29, 0.717) is 0 Å². The zero-order valence-electron chi connectivity index (χ0n) is 21.3. The molecular formula is C36H26F2Si. The summed E-state index contributed by atoms with van der Waals surface area (Å²) in [5, 5.41) is 5.01. The van der Waals surface area contributed by atoms with Gasteiger partial charge in [-0.2, -0.15) is 0 Å². The maximum absolute atomic E-state index is 13.9. The Morgan fingerprint density at radius 2 is 0.667 bits per heavy atom. The van der Waals surface area contributed by atoms with Crippen LogP contribution in [0.4, 0.5) is 8.78 Å². The van der Waals surface area contributed by atoms with Crippen LogP contribution in [0.15, 0.2) is 158 Å². The Hall–Kier alpha value is -4.60. The van der Waals surface area contributed by atoms with E-state index < -0.39 is 8.07 Å². The van der Waals surface area contributed by atoms with Gasteiger partial charge >= 0.3 is 0 Å². The molecule has 6 aromatic rings. The molecule has 3 heteroatoms. The van der Waals surface area contributed by atoms with E-state index in [2.05, 4.69) is 97.1 Å². The Bertz CT molecular complexity index is 1560. The summed E-state index contributed by atoms with van der Waals surface area (Å²) in [5.74, 6) is -0.487. The fourth-order valence-electron chi connectivity index (χ4n) is 5.54. The lowest BCUT2D eigenvalue weighted by molar-refractivity contribution is 0.628. The molecule has 0 heterocycles. The summed E-state index contributed by atoms with van der Waals surface area (Å²) in [6.07, 6.45) is 0. The molecule has 188 valence electrons. The molecule has 0 bridgehead atoms. The van der Waals surface area contributed by atoms with Crippen LogP contribution in [0.1, 0.15) is 0 Å². The molecule has 0 aliphatic carbocycles. The van der Waals surface area contributed by atoms with E-state index >= 15 is 0 Å². The van der Waals surface area contributed by atoms with Gasteiger partial charge < -0.3 is 0 Å². The summed E-state index contributed by atoms with van der Waals surface area (Å²) >= 11 is 0. The molecule has 0 aromatic heterocycles. The summed E-state index contributed by atoms with van der Waals surface area (Å²) in [6.45, 7) is 0. The molecule has 0 fully saturated rings. The van der Waals surface area contributed by atoms with Crippen molar-refractivity contribution in [3.63, 3.8) is 0 Å². The summed E-state index contributed by atoms with van der Waals surface area (Å²) in [7, 11) is -2.72. The van der Waals surface area contributed by atoms with Crippen molar-refractivity contribution in [3.05, 3.63) is 169 Å². The highest BCUT2D eigenvalue weighted by Crippen LogP contribution is 2.22. The maximum atomic E-state index is 13.9. The maximum Gasteiger partial charge on any atom is 0.179 e. The van der Waals surface area contributed by atoms with E-state index in [9.17, 15) is 8.78 Å². The van der Waals surface area contributed by atoms with E-state index in [1.165, 1.54) is 32.9 Å². The summed E-state index contributed by atoms with van der Waals surface area (Å²) in [4.78, 5) is 0. The predicted molar refractivity (Wildman–Crippen MR) is 161 cm³/mol. The minimum absolute atomic E-state index is 0.243. The molecule has 0 spiro atoms. The number of rotatable bonds is 6. The molecule has 0 nitrogen and oxygen atoms in total. The van der Waals surface area contributed by atoms with Gasteiger partial charge in [-0.15, -0.1) is 0 Å². The first-order chi connectivity index (χ1) is 19.1. The highest BCUT2D eigenvalue weighted by atomic mass is 28.3. The van der Waals surface area contributed by atoms with Gasteiger partial charge in [0.15, 0.2) is 8.07 Å². The second-order valence-corrected chi connectivity index (χ2v) is 13.5. The summed E-state index contributed by atoms with van der Waals surface area (Å²) < 4.78 is 27.9. The van der Waals surface area contributed by atoms with Crippen molar-refractivity contribution >= 4 is 28.8 Å². The van der Waals surface area contributed by atoms with Crippen LogP contribution in [-0.2, 0) is 0 Å². The second kappa shape index (κ2) is 10.6. The first kappa shape index (κ1) is 24.7. The predicted octanol–water partition coefficient (Wildman–Crippen LogP) is 6.68. The smallest absolute Gasteiger partial charge is 0.179 e. The van der Waals surface area contributed by atoms with Crippen molar-refractivity contribution in [1.29, 1.82) is 0 Å². The molecule has 0 N–H and O–H groups in total. The van der Waals surface area contributed by atoms with Gasteiger partial charge in [0.05, 0.1) is 0 Å². The first-order valence-electron chi connectivity index (χ1n) is 13.0. The topological polar surface area (TPSA) is 0 Å². The Morgan fingerprint density at radius 3 is 1.03 bits per heavy atom. The standard InChI is InChI=1S/C36H26F2Si/c37-31-11-7-9-29(25-31)27-17-21-35(22-18-27)39(33-13-3-1-4-14-33,34-15-5-2-6-16-34)36-23-19-28(20-24-36)30-10-8-12-32(38)26-30/h1-26H. The van der Waals surface area contributed by atoms with E-state index in [0.717, 1.165) is 22.3 Å². The normalized spacial score (nSPS) is 11.3. The number of halogens is 2. The molecule has 39 heavy (non-hydrogen) atoms. The third kappa shape index (κ3) is 4.73. The van der Waals surface area contributed by atoms with Crippen molar-refractivity contribution in [2.24, 2.45) is 0 Å². The molecule has 0 atom stereocenters. The number of benzene rings is 6. The fourth-order valence-corrected chi connectivity index (χ4v) is 10.3. The van der Waals surface area contributed by atoms with Gasteiger partial charge in [-0.05, 0) is 67.3 Å². The molecular weight excluding hydrogens is 498 g/mol. The van der Waals surface area contributed by atoms with E-state index in [1.54, 1.807) is 24.3 Å². The minimum atomic E-state index is -2.72. The van der Waals surface area contributed by atoms with Gasteiger partial charge in [0, 0.05) is 0 Å². The van der Waals surface area contributed by atoms with Crippen LogP contribution in [0.5, 0.6) is 0 Å². The highest BCUT2D eigenvalue weighted by molar-refractivity contribution is 7.19. The van der Waals surface area contributed by atoms with Crippen LogP contribution >= 0.6 is 0 Å². The SMILES string of the molecule is Fc1cccc(-c2ccc([Si](c3ccccc3)(c3ccccc3)c3ccc(-c4cccc(F)c4)cc3)cc2)c1. The largest absolute Gasteiger partial charge is 0.207 e. The van der Waals surface area contributed by atoms with Gasteiger partial charge in [-0.25, -0.2) is 8.78 Å². The van der Waals surface area contributed by atoms with Crippen LogP contribution in [0.25, 0.3) is 22.3 Å². The number of hydrogen-bond acceptors (Lipinski definition) is 0. The Balaban J connectivity index is 1.56. The lowest BCUT2D eigenvalue weighted by Crippen LogP contribution is -2.74. The van der Waals surface area contributed by atoms with Crippen molar-refractivity contribution in [3.8, 4) is 22.3 Å². The van der Waals surface area contributed by atoms with Gasteiger partial charge in [-0.3, -0.25) is 0 Å². The third-order valence-corrected chi connectivity index (χ3v) is 12.2. The Kier molecular flexibility index (Phi) is 6.74. The molecule has 0 saturated heterocycles. The molecule has 0 unspecified atom stereocenters. The van der Waals surface area contributed by atoms with Gasteiger partial charge in [0.25, 0.3) is 0 Å². The average molecular weight is 525 g/mol. The molecule has 0 aliphatic heterocycles. The Morgan fingerprint density at radius 1 is 0.308 bits per heavy atom. The fraction of sp³-hybridized carbons (Fsp3) is 0. The van der Waals surface area contributed by atoms with Crippen LogP contribution < -0.4 is 20.7 Å². The van der Waals surface area contributed by atoms with E-state index in [4.69, 9.17) is 0 Å². The quantitative estimate of drug-likeness (QED) is 0.169. The van der Waals surface area contributed by atoms with Crippen molar-refractivity contribution in [1.82, 2.24) is 0 Å². The second-order valence-electron chi connectivity index (χ2n) is 9.66. The lowest BCUT2D eigenvalue weighted by Gasteiger charge is -2.34. The average Bonchev–Trinajstić information content (AvgIpc) is 2.99.